The zero-order valence-electron chi connectivity index (χ0n) is 10.2. The van der Waals surface area contributed by atoms with E-state index in [0.29, 0.717) is 0 Å². The summed E-state index contributed by atoms with van der Waals surface area (Å²) in [6.45, 7) is 0. The van der Waals surface area contributed by atoms with Crippen LogP contribution in [0.3, 0.4) is 0 Å². The molecule has 0 fully saturated rings. The molecule has 1 aromatic heterocycles. The van der Waals surface area contributed by atoms with Gasteiger partial charge < -0.3 is 4.57 Å². The maximum absolute atomic E-state index is 4.38. The van der Waals surface area contributed by atoms with Gasteiger partial charge in [-0.15, -0.1) is 0 Å². The van der Waals surface area contributed by atoms with E-state index in [1.165, 1.54) is 11.1 Å². The third kappa shape index (κ3) is 1.93. The minimum atomic E-state index is 0.993. The van der Waals surface area contributed by atoms with Gasteiger partial charge in [-0.1, -0.05) is 48.5 Å². The van der Waals surface area contributed by atoms with Crippen molar-refractivity contribution in [1.29, 1.82) is 0 Å². The van der Waals surface area contributed by atoms with Crippen LogP contribution in [0.25, 0.3) is 22.5 Å². The lowest BCUT2D eigenvalue weighted by Crippen LogP contribution is -1.91. The molecule has 0 amide bonds. The van der Waals surface area contributed by atoms with Gasteiger partial charge >= 0.3 is 0 Å². The molecular weight excluding hydrogens is 220 g/mol. The largest absolute Gasteiger partial charge is 0.334 e. The van der Waals surface area contributed by atoms with Gasteiger partial charge in [-0.2, -0.15) is 0 Å². The molecule has 0 bridgehead atoms. The van der Waals surface area contributed by atoms with Crippen molar-refractivity contribution >= 4 is 0 Å². The van der Waals surface area contributed by atoms with Crippen molar-refractivity contribution in [2.45, 2.75) is 0 Å². The third-order valence-electron chi connectivity index (χ3n) is 3.05. The van der Waals surface area contributed by atoms with E-state index in [2.05, 4.69) is 53.5 Å². The average molecular weight is 234 g/mol. The lowest BCUT2D eigenvalue weighted by molar-refractivity contribution is 0.925. The molecule has 1 heterocycles. The molecular formula is C16H14N2. The number of benzene rings is 2. The molecule has 0 saturated heterocycles. The minimum Gasteiger partial charge on any atom is -0.334 e. The van der Waals surface area contributed by atoms with Gasteiger partial charge in [-0.3, -0.25) is 0 Å². The van der Waals surface area contributed by atoms with E-state index < -0.39 is 0 Å². The average Bonchev–Trinajstić information content (AvgIpc) is 2.86. The molecule has 2 heteroatoms. The lowest BCUT2D eigenvalue weighted by atomic mass is 10.0. The molecule has 0 aliphatic rings. The zero-order valence-corrected chi connectivity index (χ0v) is 10.2. The van der Waals surface area contributed by atoms with Gasteiger partial charge in [0.2, 0.25) is 0 Å². The van der Waals surface area contributed by atoms with E-state index in [-0.39, 0.29) is 0 Å². The molecule has 18 heavy (non-hydrogen) atoms. The Labute approximate surface area is 107 Å². The third-order valence-corrected chi connectivity index (χ3v) is 3.05. The Kier molecular flexibility index (Phi) is 2.69. The number of hydrogen-bond acceptors (Lipinski definition) is 1. The van der Waals surface area contributed by atoms with E-state index in [0.717, 1.165) is 11.4 Å². The fourth-order valence-corrected chi connectivity index (χ4v) is 2.11. The van der Waals surface area contributed by atoms with Gasteiger partial charge in [0.15, 0.2) is 0 Å². The van der Waals surface area contributed by atoms with Gasteiger partial charge in [0.1, 0.15) is 5.82 Å². The normalized spacial score (nSPS) is 10.5. The van der Waals surface area contributed by atoms with Crippen LogP contribution in [0, 0.1) is 0 Å². The summed E-state index contributed by atoms with van der Waals surface area (Å²) in [5.74, 6) is 0.993. The van der Waals surface area contributed by atoms with Crippen LogP contribution in [0.1, 0.15) is 0 Å². The molecule has 3 aromatic rings. The maximum atomic E-state index is 4.38. The number of rotatable bonds is 2. The Balaban J connectivity index is 2.08. The predicted octanol–water partition coefficient (Wildman–Crippen LogP) is 3.75. The van der Waals surface area contributed by atoms with E-state index >= 15 is 0 Å². The molecule has 88 valence electrons. The Bertz CT molecular complexity index is 654. The number of aromatic nitrogens is 2. The van der Waals surface area contributed by atoms with Gasteiger partial charge in [0.25, 0.3) is 0 Å². The van der Waals surface area contributed by atoms with Gasteiger partial charge in [0.05, 0.1) is 0 Å². The van der Waals surface area contributed by atoms with Crippen molar-refractivity contribution in [2.24, 2.45) is 7.05 Å². The highest BCUT2D eigenvalue weighted by molar-refractivity contribution is 5.70. The molecule has 0 spiro atoms. The molecule has 0 radical (unpaired) electrons. The molecule has 0 atom stereocenters. The standard InChI is InChI=1S/C16H14N2/c1-18-11-10-17-16(18)15-9-5-8-14(12-15)13-6-3-2-4-7-13/h2-12H,1H3. The summed E-state index contributed by atoms with van der Waals surface area (Å²) in [5, 5.41) is 0. The topological polar surface area (TPSA) is 17.8 Å². The Morgan fingerprint density at radius 2 is 1.56 bits per heavy atom. The van der Waals surface area contributed by atoms with Crippen molar-refractivity contribution in [2.75, 3.05) is 0 Å². The van der Waals surface area contributed by atoms with Crippen LogP contribution in [-0.2, 0) is 7.05 Å². The summed E-state index contributed by atoms with van der Waals surface area (Å²) in [4.78, 5) is 4.38. The smallest absolute Gasteiger partial charge is 0.139 e. The summed E-state index contributed by atoms with van der Waals surface area (Å²) in [7, 11) is 2.01. The van der Waals surface area contributed by atoms with E-state index in [4.69, 9.17) is 0 Å². The van der Waals surface area contributed by atoms with Crippen LogP contribution in [0.4, 0.5) is 0 Å². The molecule has 0 aliphatic heterocycles. The fourth-order valence-electron chi connectivity index (χ4n) is 2.11. The Hall–Kier alpha value is -2.35. The van der Waals surface area contributed by atoms with Crippen LogP contribution in [0.15, 0.2) is 67.0 Å². The predicted molar refractivity (Wildman–Crippen MR) is 74.1 cm³/mol. The van der Waals surface area contributed by atoms with Crippen molar-refractivity contribution < 1.29 is 0 Å². The van der Waals surface area contributed by atoms with Gasteiger partial charge in [0, 0.05) is 25.0 Å². The van der Waals surface area contributed by atoms with Crippen LogP contribution in [-0.4, -0.2) is 9.55 Å². The Morgan fingerprint density at radius 3 is 2.28 bits per heavy atom. The molecule has 2 nitrogen and oxygen atoms in total. The number of hydrogen-bond donors (Lipinski definition) is 0. The lowest BCUT2D eigenvalue weighted by Gasteiger charge is -2.05. The first-order valence-corrected chi connectivity index (χ1v) is 5.98. The summed E-state index contributed by atoms with van der Waals surface area (Å²) < 4.78 is 2.03. The first-order valence-electron chi connectivity index (χ1n) is 5.98. The monoisotopic (exact) mass is 234 g/mol. The number of nitrogens with zero attached hydrogens (tertiary/aromatic N) is 2. The molecule has 0 unspecified atom stereocenters. The molecule has 0 saturated carbocycles. The van der Waals surface area contributed by atoms with Crippen LogP contribution >= 0.6 is 0 Å². The number of aryl methyl sites for hydroxylation is 1. The summed E-state index contributed by atoms with van der Waals surface area (Å²) in [6, 6.07) is 18.9. The van der Waals surface area contributed by atoms with Crippen LogP contribution in [0.5, 0.6) is 0 Å². The second-order valence-corrected chi connectivity index (χ2v) is 4.31. The first kappa shape index (κ1) is 10.8. The van der Waals surface area contributed by atoms with Crippen LogP contribution in [0.2, 0.25) is 0 Å². The highest BCUT2D eigenvalue weighted by Gasteiger charge is 2.04. The fraction of sp³-hybridized carbons (Fsp3) is 0.0625. The summed E-state index contributed by atoms with van der Waals surface area (Å²) in [6.07, 6.45) is 3.79. The minimum absolute atomic E-state index is 0.993. The van der Waals surface area contributed by atoms with Gasteiger partial charge in [-0.05, 0) is 17.2 Å². The second-order valence-electron chi connectivity index (χ2n) is 4.31. The van der Waals surface area contributed by atoms with Crippen molar-refractivity contribution in [3.05, 3.63) is 67.0 Å². The first-order chi connectivity index (χ1) is 8.84. The molecule has 3 rings (SSSR count). The summed E-state index contributed by atoms with van der Waals surface area (Å²) >= 11 is 0. The van der Waals surface area contributed by atoms with Crippen molar-refractivity contribution in [3.8, 4) is 22.5 Å². The Morgan fingerprint density at radius 1 is 0.833 bits per heavy atom. The highest BCUT2D eigenvalue weighted by Crippen LogP contribution is 2.24. The molecule has 0 N–H and O–H groups in total. The van der Waals surface area contributed by atoms with Crippen molar-refractivity contribution in [1.82, 2.24) is 9.55 Å². The zero-order chi connectivity index (χ0) is 12.4. The molecule has 2 aromatic carbocycles. The highest BCUT2D eigenvalue weighted by atomic mass is 15.0. The SMILES string of the molecule is Cn1ccnc1-c1cccc(-c2ccccc2)c1. The quantitative estimate of drug-likeness (QED) is 0.660. The van der Waals surface area contributed by atoms with Crippen LogP contribution < -0.4 is 0 Å². The van der Waals surface area contributed by atoms with Crippen molar-refractivity contribution in [3.63, 3.8) is 0 Å². The van der Waals surface area contributed by atoms with E-state index in [1.54, 1.807) is 0 Å². The van der Waals surface area contributed by atoms with E-state index in [9.17, 15) is 0 Å². The van der Waals surface area contributed by atoms with E-state index in [1.807, 2.05) is 30.1 Å². The second kappa shape index (κ2) is 4.49. The number of imidazole rings is 1. The van der Waals surface area contributed by atoms with Gasteiger partial charge in [-0.25, -0.2) is 4.98 Å². The maximum Gasteiger partial charge on any atom is 0.139 e. The molecule has 0 aliphatic carbocycles. The summed E-state index contributed by atoms with van der Waals surface area (Å²) in [5.41, 5.74) is 3.59.